The van der Waals surface area contributed by atoms with Crippen molar-refractivity contribution >= 4 is 13.6 Å². The molecule has 0 unspecified atom stereocenters. The molecule has 0 spiro atoms. The van der Waals surface area contributed by atoms with Crippen LogP contribution in [-0.2, 0) is 33.2 Å². The van der Waals surface area contributed by atoms with Crippen LogP contribution in [0.2, 0.25) is 0 Å². The summed E-state index contributed by atoms with van der Waals surface area (Å²) in [6.07, 6.45) is -0.132. The number of ether oxygens (including phenoxy) is 1. The van der Waals surface area contributed by atoms with Crippen molar-refractivity contribution in [3.63, 3.8) is 0 Å². The molecule has 7 nitrogen and oxygen atoms in total. The van der Waals surface area contributed by atoms with E-state index in [1.807, 2.05) is 0 Å². The third-order valence-corrected chi connectivity index (χ3v) is 2.63. The Morgan fingerprint density at radius 1 is 1.12 bits per heavy atom. The second kappa shape index (κ2) is 8.66. The molecule has 0 radical (unpaired) electrons. The van der Waals surface area contributed by atoms with Crippen LogP contribution in [0.15, 0.2) is 0 Å². The van der Waals surface area contributed by atoms with Gasteiger partial charge in [-0.25, -0.2) is 9.78 Å². The first-order valence-electron chi connectivity index (χ1n) is 4.89. The molecule has 0 aromatic heterocycles. The number of hydrogen-bond donors (Lipinski definition) is 0. The first-order valence-corrected chi connectivity index (χ1v) is 6.61. The van der Waals surface area contributed by atoms with Crippen molar-refractivity contribution in [2.24, 2.45) is 0 Å². The number of hydrogen-bond acceptors (Lipinski definition) is 7. The smallest absolute Gasteiger partial charge is 0.387 e. The lowest BCUT2D eigenvalue weighted by Crippen LogP contribution is -2.09. The van der Waals surface area contributed by atoms with Crippen LogP contribution in [0, 0.1) is 0 Å². The van der Waals surface area contributed by atoms with Crippen molar-refractivity contribution in [3.05, 3.63) is 0 Å². The number of esters is 1. The quantitative estimate of drug-likeness (QED) is 0.268. The van der Waals surface area contributed by atoms with Crippen molar-refractivity contribution in [2.45, 2.75) is 20.8 Å². The summed E-state index contributed by atoms with van der Waals surface area (Å²) in [5.74, 6) is -0.473. The Morgan fingerprint density at radius 3 is 2.00 bits per heavy atom. The summed E-state index contributed by atoms with van der Waals surface area (Å²) in [6.45, 7) is 4.92. The molecule has 0 aromatic rings. The molecule has 96 valence electrons. The van der Waals surface area contributed by atoms with Crippen molar-refractivity contribution in [3.8, 4) is 0 Å². The van der Waals surface area contributed by atoms with Gasteiger partial charge in [-0.1, -0.05) is 0 Å². The van der Waals surface area contributed by atoms with Gasteiger partial charge in [-0.3, -0.25) is 9.36 Å². The molecule has 0 rings (SSSR count). The van der Waals surface area contributed by atoms with E-state index < -0.39 is 13.6 Å². The second-order valence-electron chi connectivity index (χ2n) is 2.64. The Kier molecular flexibility index (Phi) is 8.42. The van der Waals surface area contributed by atoms with Crippen molar-refractivity contribution in [2.75, 3.05) is 26.0 Å². The fourth-order valence-electron chi connectivity index (χ4n) is 0.654. The standard InChI is InChI=1S/C8H17O7P/c1-4-12-14-16(10,15-13-5-2)7-6-11-8(3)9/h4-7H2,1-3H3. The van der Waals surface area contributed by atoms with Gasteiger partial charge < -0.3 is 4.74 Å². The molecule has 0 saturated heterocycles. The van der Waals surface area contributed by atoms with Crippen LogP contribution in [0.25, 0.3) is 0 Å². The van der Waals surface area contributed by atoms with Crippen LogP contribution in [0.4, 0.5) is 0 Å². The first kappa shape index (κ1) is 15.5. The van der Waals surface area contributed by atoms with Crippen LogP contribution in [-0.4, -0.2) is 32.0 Å². The summed E-state index contributed by atoms with van der Waals surface area (Å²) in [4.78, 5) is 19.6. The van der Waals surface area contributed by atoms with Crippen LogP contribution in [0.3, 0.4) is 0 Å². The molecule has 0 atom stereocenters. The fraction of sp³-hybridized carbons (Fsp3) is 0.875. The van der Waals surface area contributed by atoms with E-state index in [1.165, 1.54) is 6.92 Å². The van der Waals surface area contributed by atoms with Crippen molar-refractivity contribution in [1.82, 2.24) is 0 Å². The highest BCUT2D eigenvalue weighted by atomic mass is 31.2. The lowest BCUT2D eigenvalue weighted by molar-refractivity contribution is -0.263. The SMILES string of the molecule is CCOOP(=O)(CCOC(C)=O)OOCC. The molecule has 16 heavy (non-hydrogen) atoms. The highest BCUT2D eigenvalue weighted by molar-refractivity contribution is 7.53. The van der Waals surface area contributed by atoms with Crippen molar-refractivity contribution < 1.29 is 33.2 Å². The van der Waals surface area contributed by atoms with Crippen LogP contribution < -0.4 is 0 Å². The maximum Gasteiger partial charge on any atom is 0.387 e. The lowest BCUT2D eigenvalue weighted by atomic mass is 10.8. The van der Waals surface area contributed by atoms with Crippen LogP contribution >= 0.6 is 7.60 Å². The lowest BCUT2D eigenvalue weighted by Gasteiger charge is -2.14. The number of rotatable bonds is 9. The van der Waals surface area contributed by atoms with E-state index in [1.54, 1.807) is 13.8 Å². The summed E-state index contributed by atoms with van der Waals surface area (Å²) in [5.41, 5.74) is 0. The summed E-state index contributed by atoms with van der Waals surface area (Å²) in [5, 5.41) is 0. The molecule has 0 aliphatic rings. The molecular weight excluding hydrogens is 239 g/mol. The highest BCUT2D eigenvalue weighted by Crippen LogP contribution is 2.48. The van der Waals surface area contributed by atoms with Gasteiger partial charge in [-0.15, -0.1) is 9.35 Å². The van der Waals surface area contributed by atoms with Gasteiger partial charge in [-0.2, -0.15) is 0 Å². The molecule has 0 bridgehead atoms. The van der Waals surface area contributed by atoms with E-state index in [2.05, 4.69) is 23.9 Å². The molecule has 0 aromatic carbocycles. The summed E-state index contributed by atoms with van der Waals surface area (Å²) >= 11 is 0. The van der Waals surface area contributed by atoms with E-state index in [0.717, 1.165) is 0 Å². The predicted octanol–water partition coefficient (Wildman–Crippen LogP) is 1.68. The number of carbonyl (C=O) groups excluding carboxylic acids is 1. The first-order chi connectivity index (χ1) is 7.54. The molecule has 0 amide bonds. The highest BCUT2D eigenvalue weighted by Gasteiger charge is 2.28. The maximum atomic E-state index is 11.8. The zero-order valence-corrected chi connectivity index (χ0v) is 10.5. The summed E-state index contributed by atoms with van der Waals surface area (Å²) in [7, 11) is -3.53. The Labute approximate surface area is 94.3 Å². The maximum absolute atomic E-state index is 11.8. The largest absolute Gasteiger partial charge is 0.465 e. The molecule has 0 heterocycles. The van der Waals surface area contributed by atoms with Gasteiger partial charge in [-0.05, 0) is 13.8 Å². The summed E-state index contributed by atoms with van der Waals surface area (Å²) in [6, 6.07) is 0. The average molecular weight is 256 g/mol. The van der Waals surface area contributed by atoms with Gasteiger partial charge in [0.15, 0.2) is 0 Å². The molecule has 0 saturated carbocycles. The van der Waals surface area contributed by atoms with Gasteiger partial charge >= 0.3 is 13.6 Å². The Balaban J connectivity index is 4.07. The average Bonchev–Trinajstić information content (AvgIpc) is 2.23. The molecule has 0 aliphatic heterocycles. The molecule has 0 N–H and O–H groups in total. The zero-order valence-electron chi connectivity index (χ0n) is 9.63. The summed E-state index contributed by atoms with van der Waals surface area (Å²) < 4.78 is 25.6. The Morgan fingerprint density at radius 2 is 1.62 bits per heavy atom. The fourth-order valence-corrected chi connectivity index (χ4v) is 1.67. The van der Waals surface area contributed by atoms with E-state index in [4.69, 9.17) is 0 Å². The normalized spacial score (nSPS) is 11.4. The topological polar surface area (TPSA) is 80.3 Å². The van der Waals surface area contributed by atoms with Crippen LogP contribution in [0.1, 0.15) is 20.8 Å². The van der Waals surface area contributed by atoms with E-state index in [0.29, 0.717) is 0 Å². The second-order valence-corrected chi connectivity index (χ2v) is 4.60. The van der Waals surface area contributed by atoms with Gasteiger partial charge in [0, 0.05) is 6.92 Å². The van der Waals surface area contributed by atoms with E-state index >= 15 is 0 Å². The van der Waals surface area contributed by atoms with Crippen LogP contribution in [0.5, 0.6) is 0 Å². The Bertz CT molecular complexity index is 231. The third kappa shape index (κ3) is 7.78. The van der Waals surface area contributed by atoms with Gasteiger partial charge in [0.2, 0.25) is 0 Å². The molecule has 8 heteroatoms. The minimum Gasteiger partial charge on any atom is -0.465 e. The third-order valence-electron chi connectivity index (χ3n) is 1.24. The minimum atomic E-state index is -3.53. The molecular formula is C8H17O7P. The zero-order chi connectivity index (χ0) is 12.4. The predicted molar refractivity (Wildman–Crippen MR) is 54.5 cm³/mol. The van der Waals surface area contributed by atoms with Gasteiger partial charge in [0.25, 0.3) is 0 Å². The van der Waals surface area contributed by atoms with Gasteiger partial charge in [0.1, 0.15) is 6.61 Å². The minimum absolute atomic E-state index is 0.0905. The van der Waals surface area contributed by atoms with E-state index in [9.17, 15) is 9.36 Å². The number of carbonyl (C=O) groups is 1. The van der Waals surface area contributed by atoms with Crippen molar-refractivity contribution in [1.29, 1.82) is 0 Å². The molecule has 0 fully saturated rings. The Hall–Kier alpha value is -0.460. The van der Waals surface area contributed by atoms with Gasteiger partial charge in [0.05, 0.1) is 19.4 Å². The van der Waals surface area contributed by atoms with E-state index in [-0.39, 0.29) is 26.0 Å². The monoisotopic (exact) mass is 256 g/mol. The molecule has 0 aliphatic carbocycles.